The van der Waals surface area contributed by atoms with Gasteiger partial charge in [0, 0.05) is 5.56 Å². The average molecular weight is 193 g/mol. The van der Waals surface area contributed by atoms with Crippen molar-refractivity contribution in [3.8, 4) is 11.5 Å². The first-order valence-corrected chi connectivity index (χ1v) is 4.02. The summed E-state index contributed by atoms with van der Waals surface area (Å²) in [6.07, 6.45) is 2.75. The minimum atomic E-state index is 0.0359. The highest BCUT2D eigenvalue weighted by atomic mass is 16.5. The fourth-order valence-corrected chi connectivity index (χ4v) is 0.943. The first kappa shape index (κ1) is 10.1. The Kier molecular flexibility index (Phi) is 3.55. The number of nitrogens with zero attached hydrogens (tertiary/aromatic N) is 1. The van der Waals surface area contributed by atoms with Crippen LogP contribution in [0.25, 0.3) is 0 Å². The van der Waals surface area contributed by atoms with Gasteiger partial charge in [0.05, 0.1) is 6.21 Å². The van der Waals surface area contributed by atoms with Gasteiger partial charge in [-0.05, 0) is 18.2 Å². The standard InChI is InChI=1S/C10H11NO3/c1-2-5-14-9-3-4-10(12)8(6-9)7-11-13/h2-4,6-7,12-13H,1,5H2/b11-7+. The van der Waals surface area contributed by atoms with Crippen molar-refractivity contribution in [2.24, 2.45) is 5.16 Å². The molecule has 4 heteroatoms. The highest BCUT2D eigenvalue weighted by molar-refractivity contribution is 5.83. The van der Waals surface area contributed by atoms with Crippen LogP contribution in [0.2, 0.25) is 0 Å². The normalized spacial score (nSPS) is 10.3. The molecule has 0 fully saturated rings. The summed E-state index contributed by atoms with van der Waals surface area (Å²) in [5.74, 6) is 0.617. The number of phenolic OH excluding ortho intramolecular Hbond substituents is 1. The second kappa shape index (κ2) is 4.91. The lowest BCUT2D eigenvalue weighted by molar-refractivity contribution is 0.321. The van der Waals surface area contributed by atoms with Gasteiger partial charge in [-0.15, -0.1) is 0 Å². The maximum Gasteiger partial charge on any atom is 0.124 e. The van der Waals surface area contributed by atoms with Crippen LogP contribution >= 0.6 is 0 Å². The summed E-state index contributed by atoms with van der Waals surface area (Å²) in [6, 6.07) is 4.65. The number of phenols is 1. The highest BCUT2D eigenvalue weighted by Crippen LogP contribution is 2.21. The first-order chi connectivity index (χ1) is 6.77. The third-order valence-corrected chi connectivity index (χ3v) is 1.56. The van der Waals surface area contributed by atoms with Gasteiger partial charge in [-0.25, -0.2) is 0 Å². The lowest BCUT2D eigenvalue weighted by Crippen LogP contribution is -1.93. The number of oxime groups is 1. The molecule has 1 rings (SSSR count). The van der Waals surface area contributed by atoms with Crippen molar-refractivity contribution in [2.45, 2.75) is 0 Å². The zero-order valence-electron chi connectivity index (χ0n) is 7.55. The van der Waals surface area contributed by atoms with E-state index < -0.39 is 0 Å². The topological polar surface area (TPSA) is 62.0 Å². The Morgan fingerprint density at radius 3 is 2.93 bits per heavy atom. The van der Waals surface area contributed by atoms with Crippen LogP contribution in [0.15, 0.2) is 36.0 Å². The fraction of sp³-hybridized carbons (Fsp3) is 0.100. The maximum atomic E-state index is 9.31. The summed E-state index contributed by atoms with van der Waals surface area (Å²) < 4.78 is 5.22. The SMILES string of the molecule is C=CCOc1ccc(O)c(/C=N/O)c1. The Bertz CT molecular complexity index is 347. The van der Waals surface area contributed by atoms with E-state index in [9.17, 15) is 5.11 Å². The Labute approximate surface area is 81.8 Å². The summed E-state index contributed by atoms with van der Waals surface area (Å²) >= 11 is 0. The van der Waals surface area contributed by atoms with Gasteiger partial charge in [0.15, 0.2) is 0 Å². The molecule has 0 atom stereocenters. The molecule has 0 aliphatic carbocycles. The number of ether oxygens (including phenoxy) is 1. The highest BCUT2D eigenvalue weighted by Gasteiger charge is 2.00. The summed E-state index contributed by atoms with van der Waals surface area (Å²) in [5, 5.41) is 20.5. The number of hydrogen-bond donors (Lipinski definition) is 2. The number of rotatable bonds is 4. The molecule has 2 N–H and O–H groups in total. The Morgan fingerprint density at radius 2 is 2.29 bits per heavy atom. The van der Waals surface area contributed by atoms with E-state index in [1.807, 2.05) is 0 Å². The predicted molar refractivity (Wildman–Crippen MR) is 53.2 cm³/mol. The van der Waals surface area contributed by atoms with E-state index in [4.69, 9.17) is 9.94 Å². The lowest BCUT2D eigenvalue weighted by atomic mass is 10.2. The minimum absolute atomic E-state index is 0.0359. The second-order valence-corrected chi connectivity index (χ2v) is 2.56. The van der Waals surface area contributed by atoms with Gasteiger partial charge in [0.25, 0.3) is 0 Å². The fourth-order valence-electron chi connectivity index (χ4n) is 0.943. The minimum Gasteiger partial charge on any atom is -0.507 e. The van der Waals surface area contributed by atoms with E-state index in [0.29, 0.717) is 17.9 Å². The molecule has 0 bridgehead atoms. The van der Waals surface area contributed by atoms with Crippen LogP contribution in [0, 0.1) is 0 Å². The molecular formula is C10H11NO3. The van der Waals surface area contributed by atoms with Crippen molar-refractivity contribution in [1.82, 2.24) is 0 Å². The molecule has 1 aromatic carbocycles. The summed E-state index contributed by atoms with van der Waals surface area (Å²) in [4.78, 5) is 0. The molecule has 0 saturated carbocycles. The molecule has 0 saturated heterocycles. The van der Waals surface area contributed by atoms with E-state index in [-0.39, 0.29) is 5.75 Å². The molecule has 74 valence electrons. The van der Waals surface area contributed by atoms with Gasteiger partial charge in [-0.3, -0.25) is 0 Å². The number of hydrogen-bond acceptors (Lipinski definition) is 4. The number of aromatic hydroxyl groups is 1. The molecule has 0 radical (unpaired) electrons. The molecular weight excluding hydrogens is 182 g/mol. The lowest BCUT2D eigenvalue weighted by Gasteiger charge is -2.04. The third-order valence-electron chi connectivity index (χ3n) is 1.56. The van der Waals surface area contributed by atoms with E-state index in [2.05, 4.69) is 11.7 Å². The van der Waals surface area contributed by atoms with Gasteiger partial charge in [0.2, 0.25) is 0 Å². The van der Waals surface area contributed by atoms with Crippen molar-refractivity contribution in [3.05, 3.63) is 36.4 Å². The quantitative estimate of drug-likeness (QED) is 0.331. The van der Waals surface area contributed by atoms with Crippen molar-refractivity contribution in [1.29, 1.82) is 0 Å². The van der Waals surface area contributed by atoms with E-state index in [1.165, 1.54) is 6.07 Å². The van der Waals surface area contributed by atoms with Crippen molar-refractivity contribution < 1.29 is 15.1 Å². The van der Waals surface area contributed by atoms with Crippen LogP contribution in [-0.2, 0) is 0 Å². The molecule has 0 heterocycles. The van der Waals surface area contributed by atoms with E-state index in [1.54, 1.807) is 18.2 Å². The average Bonchev–Trinajstić information content (AvgIpc) is 2.19. The van der Waals surface area contributed by atoms with Gasteiger partial charge in [-0.2, -0.15) is 0 Å². The molecule has 0 unspecified atom stereocenters. The predicted octanol–water partition coefficient (Wildman–Crippen LogP) is 1.77. The van der Waals surface area contributed by atoms with E-state index in [0.717, 1.165) is 6.21 Å². The van der Waals surface area contributed by atoms with Crippen LogP contribution in [-0.4, -0.2) is 23.1 Å². The van der Waals surface area contributed by atoms with Gasteiger partial charge < -0.3 is 15.1 Å². The first-order valence-electron chi connectivity index (χ1n) is 4.02. The summed E-state index contributed by atoms with van der Waals surface area (Å²) in [7, 11) is 0. The molecule has 4 nitrogen and oxygen atoms in total. The molecule has 1 aromatic rings. The smallest absolute Gasteiger partial charge is 0.124 e. The Balaban J connectivity index is 2.88. The zero-order chi connectivity index (χ0) is 10.4. The van der Waals surface area contributed by atoms with Crippen molar-refractivity contribution in [3.63, 3.8) is 0 Å². The van der Waals surface area contributed by atoms with Crippen molar-refractivity contribution >= 4 is 6.21 Å². The summed E-state index contributed by atoms with van der Waals surface area (Å²) in [5.41, 5.74) is 0.397. The van der Waals surface area contributed by atoms with Gasteiger partial charge >= 0.3 is 0 Å². The largest absolute Gasteiger partial charge is 0.507 e. The van der Waals surface area contributed by atoms with Crippen LogP contribution in [0.5, 0.6) is 11.5 Å². The molecule has 0 aromatic heterocycles. The molecule has 0 aliphatic rings. The van der Waals surface area contributed by atoms with Crippen LogP contribution in [0.1, 0.15) is 5.56 Å². The monoisotopic (exact) mass is 193 g/mol. The zero-order valence-corrected chi connectivity index (χ0v) is 7.55. The van der Waals surface area contributed by atoms with Gasteiger partial charge in [0.1, 0.15) is 18.1 Å². The molecule has 14 heavy (non-hydrogen) atoms. The molecule has 0 amide bonds. The second-order valence-electron chi connectivity index (χ2n) is 2.56. The Hall–Kier alpha value is -1.97. The number of benzene rings is 1. The maximum absolute atomic E-state index is 9.31. The van der Waals surface area contributed by atoms with Crippen LogP contribution in [0.4, 0.5) is 0 Å². The van der Waals surface area contributed by atoms with Crippen LogP contribution < -0.4 is 4.74 Å². The molecule has 0 aliphatic heterocycles. The third kappa shape index (κ3) is 2.52. The Morgan fingerprint density at radius 1 is 1.50 bits per heavy atom. The van der Waals surface area contributed by atoms with Crippen molar-refractivity contribution in [2.75, 3.05) is 6.61 Å². The van der Waals surface area contributed by atoms with Gasteiger partial charge in [-0.1, -0.05) is 17.8 Å². The van der Waals surface area contributed by atoms with Crippen LogP contribution in [0.3, 0.4) is 0 Å². The van der Waals surface area contributed by atoms with E-state index >= 15 is 0 Å². The molecule has 0 spiro atoms. The summed E-state index contributed by atoms with van der Waals surface area (Å²) in [6.45, 7) is 3.90.